The summed E-state index contributed by atoms with van der Waals surface area (Å²) >= 11 is 0. The van der Waals surface area contributed by atoms with Gasteiger partial charge in [0.1, 0.15) is 0 Å². The first kappa shape index (κ1) is 23.2. The van der Waals surface area contributed by atoms with E-state index in [1.54, 1.807) is 0 Å². The molecule has 0 amide bonds. The molecule has 0 aromatic carbocycles. The second kappa shape index (κ2) is 13.2. The Labute approximate surface area is 182 Å². The van der Waals surface area contributed by atoms with Crippen molar-refractivity contribution in [1.82, 2.24) is 15.5 Å². The van der Waals surface area contributed by atoms with Crippen molar-refractivity contribution in [2.75, 3.05) is 52.5 Å². The van der Waals surface area contributed by atoms with Crippen molar-refractivity contribution < 1.29 is 9.47 Å². The number of nitrogens with zero attached hydrogens (tertiary/aromatic N) is 2. The predicted octanol–water partition coefficient (Wildman–Crippen LogP) is 2.62. The van der Waals surface area contributed by atoms with Gasteiger partial charge in [-0.2, -0.15) is 0 Å². The van der Waals surface area contributed by atoms with Gasteiger partial charge in [-0.15, -0.1) is 24.0 Å². The summed E-state index contributed by atoms with van der Waals surface area (Å²) in [6.07, 6.45) is 9.27. The first-order valence-corrected chi connectivity index (χ1v) is 10.8. The van der Waals surface area contributed by atoms with E-state index >= 15 is 0 Å². The highest BCUT2D eigenvalue weighted by Gasteiger charge is 2.33. The number of hydrogen-bond donors (Lipinski definition) is 2. The fraction of sp³-hybridized carbons (Fsp3) is 0.950. The molecule has 0 radical (unpaired) electrons. The first-order valence-electron chi connectivity index (χ1n) is 10.8. The summed E-state index contributed by atoms with van der Waals surface area (Å²) < 4.78 is 11.3. The highest BCUT2D eigenvalue weighted by atomic mass is 127. The Hall–Kier alpha value is -0.120. The molecule has 2 N–H and O–H groups in total. The molecular formula is C20H39IN4O2. The van der Waals surface area contributed by atoms with Crippen LogP contribution in [0.25, 0.3) is 0 Å². The van der Waals surface area contributed by atoms with E-state index in [1.807, 2.05) is 0 Å². The molecule has 2 aliphatic carbocycles. The molecule has 1 heterocycles. The van der Waals surface area contributed by atoms with E-state index in [9.17, 15) is 0 Å². The van der Waals surface area contributed by atoms with E-state index in [0.29, 0.717) is 6.10 Å². The van der Waals surface area contributed by atoms with Crippen molar-refractivity contribution in [2.45, 2.75) is 64.0 Å². The molecular weight excluding hydrogens is 455 g/mol. The molecule has 3 fully saturated rings. The average Bonchev–Trinajstić information content (AvgIpc) is 3.57. The molecule has 1 aliphatic heterocycles. The van der Waals surface area contributed by atoms with Crippen LogP contribution in [0, 0.1) is 5.92 Å². The van der Waals surface area contributed by atoms with Crippen LogP contribution in [0.5, 0.6) is 0 Å². The van der Waals surface area contributed by atoms with Crippen LogP contribution in [-0.4, -0.2) is 75.5 Å². The van der Waals surface area contributed by atoms with Crippen molar-refractivity contribution >= 4 is 29.9 Å². The molecule has 0 spiro atoms. The SMILES string of the molecule is CCNC(=NCCCOCC1CCCO1)NCCN(CC1CC1)C1CC1.I. The van der Waals surface area contributed by atoms with E-state index in [1.165, 1.54) is 38.6 Å². The van der Waals surface area contributed by atoms with Crippen LogP contribution in [0.4, 0.5) is 0 Å². The summed E-state index contributed by atoms with van der Waals surface area (Å²) in [5.41, 5.74) is 0. The van der Waals surface area contributed by atoms with E-state index in [2.05, 4.69) is 27.4 Å². The van der Waals surface area contributed by atoms with E-state index < -0.39 is 0 Å². The number of hydrogen-bond acceptors (Lipinski definition) is 4. The summed E-state index contributed by atoms with van der Waals surface area (Å²) in [6.45, 7) is 9.63. The van der Waals surface area contributed by atoms with E-state index in [4.69, 9.17) is 9.47 Å². The van der Waals surface area contributed by atoms with E-state index in [-0.39, 0.29) is 24.0 Å². The van der Waals surface area contributed by atoms with Crippen LogP contribution in [0.3, 0.4) is 0 Å². The monoisotopic (exact) mass is 494 g/mol. The lowest BCUT2D eigenvalue weighted by atomic mass is 10.2. The third-order valence-corrected chi connectivity index (χ3v) is 5.33. The van der Waals surface area contributed by atoms with Crippen molar-refractivity contribution in [3.63, 3.8) is 0 Å². The standard InChI is InChI=1S/C20H38N4O2.HI/c1-2-21-20(22-10-4-13-25-16-19-5-3-14-26-19)23-11-12-24(18-8-9-18)15-17-6-7-17;/h17-19H,2-16H2,1H3,(H2,21,22,23);1H. The molecule has 158 valence electrons. The van der Waals surface area contributed by atoms with Crippen molar-refractivity contribution in [3.05, 3.63) is 0 Å². The Balaban J connectivity index is 0.00000261. The maximum absolute atomic E-state index is 5.71. The number of aliphatic imine (C=N–C) groups is 1. The topological polar surface area (TPSA) is 58.1 Å². The van der Waals surface area contributed by atoms with Crippen LogP contribution < -0.4 is 10.6 Å². The Morgan fingerprint density at radius 2 is 2.04 bits per heavy atom. The third kappa shape index (κ3) is 9.76. The smallest absolute Gasteiger partial charge is 0.191 e. The van der Waals surface area contributed by atoms with Gasteiger partial charge < -0.3 is 20.1 Å². The van der Waals surface area contributed by atoms with Gasteiger partial charge >= 0.3 is 0 Å². The van der Waals surface area contributed by atoms with Gasteiger partial charge in [0.2, 0.25) is 0 Å². The van der Waals surface area contributed by atoms with Gasteiger partial charge in [-0.25, -0.2) is 0 Å². The van der Waals surface area contributed by atoms with Crippen LogP contribution in [-0.2, 0) is 9.47 Å². The molecule has 3 rings (SSSR count). The highest BCUT2D eigenvalue weighted by molar-refractivity contribution is 14.0. The number of halogens is 1. The van der Waals surface area contributed by atoms with Gasteiger partial charge in [0, 0.05) is 52.0 Å². The van der Waals surface area contributed by atoms with Gasteiger partial charge in [-0.05, 0) is 57.8 Å². The molecule has 1 unspecified atom stereocenters. The first-order chi connectivity index (χ1) is 12.8. The Bertz CT molecular complexity index is 424. The van der Waals surface area contributed by atoms with E-state index in [0.717, 1.165) is 76.8 Å². The zero-order chi connectivity index (χ0) is 18.0. The molecule has 0 bridgehead atoms. The van der Waals surface area contributed by atoms with Gasteiger partial charge in [0.25, 0.3) is 0 Å². The molecule has 1 saturated heterocycles. The molecule has 1 atom stereocenters. The molecule has 2 saturated carbocycles. The highest BCUT2D eigenvalue weighted by Crippen LogP contribution is 2.34. The van der Waals surface area contributed by atoms with Crippen LogP contribution in [0.1, 0.15) is 51.9 Å². The lowest BCUT2D eigenvalue weighted by Gasteiger charge is -2.22. The fourth-order valence-corrected chi connectivity index (χ4v) is 3.50. The maximum Gasteiger partial charge on any atom is 0.191 e. The zero-order valence-corrected chi connectivity index (χ0v) is 19.3. The molecule has 6 nitrogen and oxygen atoms in total. The van der Waals surface area contributed by atoms with Gasteiger partial charge in [0.15, 0.2) is 5.96 Å². The second-order valence-electron chi connectivity index (χ2n) is 7.92. The fourth-order valence-electron chi connectivity index (χ4n) is 3.50. The Kier molecular flexibility index (Phi) is 11.3. The van der Waals surface area contributed by atoms with Crippen molar-refractivity contribution in [3.8, 4) is 0 Å². The largest absolute Gasteiger partial charge is 0.379 e. The molecule has 7 heteroatoms. The number of ether oxygens (including phenoxy) is 2. The lowest BCUT2D eigenvalue weighted by molar-refractivity contribution is 0.0171. The summed E-state index contributed by atoms with van der Waals surface area (Å²) in [6, 6.07) is 0.859. The third-order valence-electron chi connectivity index (χ3n) is 5.33. The Morgan fingerprint density at radius 1 is 1.19 bits per heavy atom. The minimum absolute atomic E-state index is 0. The average molecular weight is 494 g/mol. The quantitative estimate of drug-likeness (QED) is 0.179. The van der Waals surface area contributed by atoms with Crippen molar-refractivity contribution in [2.24, 2.45) is 10.9 Å². The normalized spacial score (nSPS) is 22.7. The van der Waals surface area contributed by atoms with Crippen LogP contribution >= 0.6 is 24.0 Å². The molecule has 3 aliphatic rings. The van der Waals surface area contributed by atoms with Gasteiger partial charge in [-0.3, -0.25) is 9.89 Å². The minimum Gasteiger partial charge on any atom is -0.379 e. The predicted molar refractivity (Wildman–Crippen MR) is 121 cm³/mol. The molecule has 0 aromatic rings. The summed E-state index contributed by atoms with van der Waals surface area (Å²) in [4.78, 5) is 7.37. The Morgan fingerprint density at radius 3 is 2.70 bits per heavy atom. The number of guanidine groups is 1. The summed E-state index contributed by atoms with van der Waals surface area (Å²) in [5.74, 6) is 1.92. The number of nitrogens with one attached hydrogen (secondary N) is 2. The second-order valence-corrected chi connectivity index (χ2v) is 7.92. The summed E-state index contributed by atoms with van der Waals surface area (Å²) in [7, 11) is 0. The molecule has 27 heavy (non-hydrogen) atoms. The van der Waals surface area contributed by atoms with Gasteiger partial charge in [0.05, 0.1) is 12.7 Å². The van der Waals surface area contributed by atoms with Crippen LogP contribution in [0.2, 0.25) is 0 Å². The zero-order valence-electron chi connectivity index (χ0n) is 17.0. The summed E-state index contributed by atoms with van der Waals surface area (Å²) in [5, 5.41) is 6.85. The maximum atomic E-state index is 5.71. The molecule has 0 aromatic heterocycles. The lowest BCUT2D eigenvalue weighted by Crippen LogP contribution is -2.42. The van der Waals surface area contributed by atoms with Gasteiger partial charge in [-0.1, -0.05) is 0 Å². The van der Waals surface area contributed by atoms with Crippen LogP contribution in [0.15, 0.2) is 4.99 Å². The minimum atomic E-state index is 0. The number of rotatable bonds is 13. The van der Waals surface area contributed by atoms with Crippen molar-refractivity contribution in [1.29, 1.82) is 0 Å².